The lowest BCUT2D eigenvalue weighted by atomic mass is 10.0. The molecular weight excluding hydrogens is 1320 g/mol. The second kappa shape index (κ2) is 42.6. The summed E-state index contributed by atoms with van der Waals surface area (Å²) in [4.78, 5) is 148. The third kappa shape index (κ3) is 26.1. The first-order chi connectivity index (χ1) is 48.7. The lowest BCUT2D eigenvalue weighted by molar-refractivity contribution is -0.150. The van der Waals surface area contributed by atoms with Crippen molar-refractivity contribution in [3.63, 3.8) is 0 Å². The number of carboxylic acid groups (broad SMARTS) is 6. The fourth-order valence-electron chi connectivity index (χ4n) is 12.7. The summed E-state index contributed by atoms with van der Waals surface area (Å²) in [6.45, 7) is 12.1. The van der Waals surface area contributed by atoms with Crippen LogP contribution in [0.4, 0.5) is 0 Å². The first-order valence-electron chi connectivity index (χ1n) is 34.8. The summed E-state index contributed by atoms with van der Waals surface area (Å²) in [5, 5.41) is 67.4. The number of rotatable bonds is 32. The molecule has 0 bridgehead atoms. The topological polar surface area (TPSA) is 406 Å². The highest BCUT2D eigenvalue weighted by Crippen LogP contribution is 2.23. The molecule has 4 aliphatic heterocycles. The molecule has 4 aliphatic rings. The van der Waals surface area contributed by atoms with E-state index in [4.69, 9.17) is 9.47 Å². The van der Waals surface area contributed by atoms with Crippen LogP contribution < -0.4 is 21.3 Å². The zero-order chi connectivity index (χ0) is 75.0. The summed E-state index contributed by atoms with van der Waals surface area (Å²) in [6.07, 6.45) is 7.12. The lowest BCUT2D eigenvalue weighted by Gasteiger charge is -2.27. The van der Waals surface area contributed by atoms with E-state index in [1.54, 1.807) is 41.5 Å². The predicted molar refractivity (Wildman–Crippen MR) is 373 cm³/mol. The third-order valence-electron chi connectivity index (χ3n) is 18.0. The van der Waals surface area contributed by atoms with Crippen molar-refractivity contribution < 1.29 is 97.6 Å². The molecule has 4 aromatic rings. The van der Waals surface area contributed by atoms with Crippen molar-refractivity contribution in [1.29, 1.82) is 0 Å². The fourth-order valence-corrected chi connectivity index (χ4v) is 12.7. The van der Waals surface area contributed by atoms with Gasteiger partial charge in [0.25, 0.3) is 0 Å². The molecule has 28 heteroatoms. The number of hydrogen-bond acceptors (Lipinski definition) is 18. The van der Waals surface area contributed by atoms with Gasteiger partial charge in [0.05, 0.1) is 37.4 Å². The summed E-state index contributed by atoms with van der Waals surface area (Å²) in [5.74, 6) is -8.25. The number of hydrogen-bond donors (Lipinski definition) is 10. The maximum Gasteiger partial charge on any atom is 0.326 e. The largest absolute Gasteiger partial charge is 0.480 e. The van der Waals surface area contributed by atoms with Gasteiger partial charge in [0, 0.05) is 26.2 Å². The molecule has 4 saturated heterocycles. The molecule has 0 spiro atoms. The van der Waals surface area contributed by atoms with Crippen LogP contribution in [0.15, 0.2) is 121 Å². The van der Waals surface area contributed by atoms with Gasteiger partial charge in [0.2, 0.25) is 23.6 Å². The molecule has 556 valence electrons. The van der Waals surface area contributed by atoms with Crippen molar-refractivity contribution in [2.24, 2.45) is 0 Å². The Labute approximate surface area is 594 Å². The third-order valence-corrected chi connectivity index (χ3v) is 18.0. The van der Waals surface area contributed by atoms with Gasteiger partial charge >= 0.3 is 47.8 Å². The minimum absolute atomic E-state index is 0.246. The number of nitrogens with zero attached hydrogens (tertiary/aromatic N) is 4. The van der Waals surface area contributed by atoms with Crippen LogP contribution in [0.25, 0.3) is 0 Å². The van der Waals surface area contributed by atoms with Gasteiger partial charge in [-0.15, -0.1) is 0 Å². The molecule has 4 heterocycles. The van der Waals surface area contributed by atoms with Crippen molar-refractivity contribution in [2.75, 3.05) is 39.4 Å². The van der Waals surface area contributed by atoms with Gasteiger partial charge in [0.1, 0.15) is 48.3 Å². The zero-order valence-electron chi connectivity index (χ0n) is 58.8. The Bertz CT molecular complexity index is 3390. The van der Waals surface area contributed by atoms with Gasteiger partial charge in [-0.2, -0.15) is 0 Å². The molecule has 0 unspecified atom stereocenters. The molecule has 28 nitrogen and oxygen atoms in total. The highest BCUT2D eigenvalue weighted by molar-refractivity contribution is 5.91. The number of amides is 4. The highest BCUT2D eigenvalue weighted by Gasteiger charge is 2.41. The van der Waals surface area contributed by atoms with Crippen molar-refractivity contribution in [2.45, 2.75) is 204 Å². The molecule has 0 aliphatic carbocycles. The van der Waals surface area contributed by atoms with E-state index in [1.165, 1.54) is 19.6 Å². The van der Waals surface area contributed by atoms with Gasteiger partial charge in [-0.05, 0) is 154 Å². The average Bonchev–Trinajstić information content (AvgIpc) is 1.03. The van der Waals surface area contributed by atoms with Crippen molar-refractivity contribution in [3.8, 4) is 0 Å². The Balaban J connectivity index is 0.000000245. The van der Waals surface area contributed by atoms with E-state index in [-0.39, 0.29) is 43.3 Å². The number of aryl methyl sites for hydroxylation is 2. The Hall–Kier alpha value is -9.64. The average molecular weight is 1420 g/mol. The summed E-state index contributed by atoms with van der Waals surface area (Å²) >= 11 is 0. The van der Waals surface area contributed by atoms with E-state index < -0.39 is 120 Å². The minimum atomic E-state index is -1.05. The van der Waals surface area contributed by atoms with E-state index in [1.807, 2.05) is 121 Å². The SMILES string of the molecule is CCOC(=O)[C@H](CCc1ccccc1)N[C@@H](C)C(=O)N1CCC[C@H]1C(=O)O.CCOC(=O)[C@H](Cc1ccccc1)N[C@@H](C)C(=O)N1CCC[C@H]1C(=O)O.C[C@H](N[C@@H](CCc1ccccc1)C(=O)O)C(=O)N1CCC[C@H]1C(=O)O.C[C@H](N[C@@H](Cc1ccccc1)C(=O)O)C(=O)N1CCC[C@H]1C(=O)O. The number of aliphatic carboxylic acids is 6. The first-order valence-corrected chi connectivity index (χ1v) is 34.8. The molecule has 102 heavy (non-hydrogen) atoms. The fraction of sp³-hybridized carbons (Fsp3) is 0.514. The quantitative estimate of drug-likeness (QED) is 0.0297. The van der Waals surface area contributed by atoms with Gasteiger partial charge < -0.3 is 59.7 Å². The number of benzene rings is 4. The Morgan fingerprint density at radius 1 is 0.363 bits per heavy atom. The Kier molecular flexibility index (Phi) is 34.7. The minimum Gasteiger partial charge on any atom is -0.480 e. The van der Waals surface area contributed by atoms with Crippen LogP contribution in [-0.2, 0) is 92.7 Å². The summed E-state index contributed by atoms with van der Waals surface area (Å²) in [7, 11) is 0. The maximum atomic E-state index is 12.7. The molecule has 8 rings (SSSR count). The predicted octanol–water partition coefficient (Wildman–Crippen LogP) is 4.68. The van der Waals surface area contributed by atoms with Crippen LogP contribution in [0, 0.1) is 0 Å². The van der Waals surface area contributed by atoms with Crippen molar-refractivity contribution >= 4 is 71.4 Å². The molecule has 0 radical (unpaired) electrons. The van der Waals surface area contributed by atoms with Crippen LogP contribution >= 0.6 is 0 Å². The molecule has 0 saturated carbocycles. The zero-order valence-corrected chi connectivity index (χ0v) is 58.8. The van der Waals surface area contributed by atoms with Gasteiger partial charge in [0.15, 0.2) is 0 Å². The standard InChI is InChI=1S/C20H28N2O5.C19H26N2O5.C18H24N2O5.C17H22N2O5/c1-3-27-20(26)16(12-11-15-8-5-4-6-9-15)21-14(2)18(23)22-13-7-10-17(22)19(24)25;1-3-26-19(25)15(12-14-8-5-4-6-9-14)20-13(2)17(22)21-11-7-10-16(21)18(23)24;1-12(16(21)20-11-5-8-15(20)18(24)25)19-14(17(22)23)10-9-13-6-3-2-4-7-13;1-11(15(20)19-9-5-8-14(19)17(23)24)18-13(16(21)22)10-12-6-3-2-4-7-12/h4-6,8-9,14,16-17,21H,3,7,10-13H2,1-2H3,(H,24,25);4-6,8-9,13,15-16,20H,3,7,10-12H2,1-2H3,(H,23,24);2-4,6-7,12,14-15,19H,5,8-11H2,1H3,(H,22,23)(H,24,25);2-4,6-7,11,13-14,18H,5,8-10H2,1H3,(H,21,22)(H,23,24)/t14-,16-,17-;13-,15-,16-;12-,14-,15-;11-,13-,14-/m0000/s1. The van der Waals surface area contributed by atoms with E-state index in [2.05, 4.69) is 21.3 Å². The number of ether oxygens (including phenoxy) is 2. The summed E-state index contributed by atoms with van der Waals surface area (Å²) < 4.78 is 10.3. The van der Waals surface area contributed by atoms with Gasteiger partial charge in [-0.25, -0.2) is 19.2 Å². The number of nitrogens with one attached hydrogen (secondary N) is 4. The Morgan fingerprint density at radius 3 is 0.892 bits per heavy atom. The number of esters is 2. The van der Waals surface area contributed by atoms with Crippen LogP contribution in [-0.4, -0.2) is 234 Å². The Morgan fingerprint density at radius 2 is 0.608 bits per heavy atom. The maximum absolute atomic E-state index is 12.7. The molecule has 0 aromatic heterocycles. The lowest BCUT2D eigenvalue weighted by Crippen LogP contribution is -2.53. The number of carbonyl (C=O) groups is 12. The van der Waals surface area contributed by atoms with E-state index >= 15 is 0 Å². The van der Waals surface area contributed by atoms with E-state index in [9.17, 15) is 88.2 Å². The number of carboxylic acids is 6. The number of likely N-dealkylation sites (tertiary alicyclic amines) is 4. The molecule has 10 N–H and O–H groups in total. The van der Waals surface area contributed by atoms with Gasteiger partial charge in [-0.1, -0.05) is 121 Å². The number of carbonyl (C=O) groups excluding carboxylic acids is 6. The normalized spacial score (nSPS) is 19.2. The van der Waals surface area contributed by atoms with Crippen LogP contribution in [0.5, 0.6) is 0 Å². The van der Waals surface area contributed by atoms with Crippen molar-refractivity contribution in [3.05, 3.63) is 144 Å². The highest BCUT2D eigenvalue weighted by atomic mass is 16.5. The molecular formula is C74H100N8O20. The van der Waals surface area contributed by atoms with Crippen LogP contribution in [0.3, 0.4) is 0 Å². The molecule has 4 aromatic carbocycles. The monoisotopic (exact) mass is 1420 g/mol. The van der Waals surface area contributed by atoms with Crippen LogP contribution in [0.1, 0.15) is 128 Å². The van der Waals surface area contributed by atoms with Crippen LogP contribution in [0.2, 0.25) is 0 Å². The smallest absolute Gasteiger partial charge is 0.326 e. The van der Waals surface area contributed by atoms with Gasteiger partial charge in [-0.3, -0.25) is 59.6 Å². The summed E-state index contributed by atoms with van der Waals surface area (Å²) in [5.41, 5.74) is 3.92. The van der Waals surface area contributed by atoms with Crippen molar-refractivity contribution in [1.82, 2.24) is 40.9 Å². The first kappa shape index (κ1) is 83.0. The van der Waals surface area contributed by atoms with E-state index in [0.29, 0.717) is 110 Å². The molecule has 4 fully saturated rings. The second-order valence-corrected chi connectivity index (χ2v) is 25.5. The molecule has 12 atom stereocenters. The van der Waals surface area contributed by atoms with E-state index in [0.717, 1.165) is 22.3 Å². The molecule has 4 amide bonds. The second-order valence-electron chi connectivity index (χ2n) is 25.5. The summed E-state index contributed by atoms with van der Waals surface area (Å²) in [6, 6.07) is 28.7.